The van der Waals surface area contributed by atoms with Crippen molar-refractivity contribution in [1.82, 2.24) is 9.97 Å². The number of aromatic nitrogens is 2. The molecule has 0 aliphatic carbocycles. The number of thiazole rings is 1. The molecule has 3 aromatic rings. The molecule has 1 aromatic carbocycles. The van der Waals surface area contributed by atoms with Gasteiger partial charge in [0.05, 0.1) is 5.69 Å². The van der Waals surface area contributed by atoms with Gasteiger partial charge >= 0.3 is 0 Å². The van der Waals surface area contributed by atoms with E-state index in [4.69, 9.17) is 16.6 Å². The summed E-state index contributed by atoms with van der Waals surface area (Å²) in [5.41, 5.74) is 4.47. The van der Waals surface area contributed by atoms with Crippen molar-refractivity contribution in [3.8, 4) is 21.8 Å². The van der Waals surface area contributed by atoms with E-state index >= 15 is 0 Å². The Morgan fingerprint density at radius 2 is 1.95 bits per heavy atom. The molecule has 100 valence electrons. The highest BCUT2D eigenvalue weighted by molar-refractivity contribution is 7.13. The Hall–Kier alpha value is -1.71. The number of nitrogens with zero attached hydrogens (tertiary/aromatic N) is 2. The van der Waals surface area contributed by atoms with Crippen LogP contribution in [0, 0.1) is 0 Å². The molecule has 2 heterocycles. The molecule has 20 heavy (non-hydrogen) atoms. The lowest BCUT2D eigenvalue weighted by Crippen LogP contribution is -1.89. The smallest absolute Gasteiger partial charge is 0.124 e. The molecule has 0 saturated carbocycles. The summed E-state index contributed by atoms with van der Waals surface area (Å²) < 4.78 is 0. The third-order valence-corrected chi connectivity index (χ3v) is 4.31. The van der Waals surface area contributed by atoms with Crippen molar-refractivity contribution < 1.29 is 0 Å². The number of aryl methyl sites for hydroxylation is 1. The third kappa shape index (κ3) is 2.60. The summed E-state index contributed by atoms with van der Waals surface area (Å²) >= 11 is 7.56. The zero-order valence-electron chi connectivity index (χ0n) is 11.0. The van der Waals surface area contributed by atoms with Crippen LogP contribution in [0.25, 0.3) is 21.8 Å². The summed E-state index contributed by atoms with van der Waals surface area (Å²) in [4.78, 5) is 8.93. The van der Waals surface area contributed by atoms with Gasteiger partial charge in [0.25, 0.3) is 0 Å². The summed E-state index contributed by atoms with van der Waals surface area (Å²) in [7, 11) is 0. The van der Waals surface area contributed by atoms with Crippen molar-refractivity contribution in [3.63, 3.8) is 0 Å². The van der Waals surface area contributed by atoms with Gasteiger partial charge in [-0.3, -0.25) is 4.98 Å². The number of pyridine rings is 1. The maximum absolute atomic E-state index is 5.91. The maximum Gasteiger partial charge on any atom is 0.124 e. The van der Waals surface area contributed by atoms with Crippen LogP contribution in [0.3, 0.4) is 0 Å². The summed E-state index contributed by atoms with van der Waals surface area (Å²) in [5.74, 6) is 0. The number of hydrogen-bond donors (Lipinski definition) is 0. The molecule has 0 aliphatic rings. The SMILES string of the molecule is CCc1ccncc1-c1csc(-c2ccc(Cl)cc2)n1. The van der Waals surface area contributed by atoms with Gasteiger partial charge in [-0.05, 0) is 30.2 Å². The summed E-state index contributed by atoms with van der Waals surface area (Å²) in [5, 5.41) is 3.83. The molecule has 0 amide bonds. The predicted molar refractivity (Wildman–Crippen MR) is 85.2 cm³/mol. The lowest BCUT2D eigenvalue weighted by Gasteiger charge is -2.03. The van der Waals surface area contributed by atoms with E-state index in [0.29, 0.717) is 0 Å². The molecule has 0 spiro atoms. The lowest BCUT2D eigenvalue weighted by atomic mass is 10.1. The summed E-state index contributed by atoms with van der Waals surface area (Å²) in [6, 6.07) is 9.82. The number of rotatable bonds is 3. The van der Waals surface area contributed by atoms with Gasteiger partial charge in [-0.25, -0.2) is 4.98 Å². The Labute approximate surface area is 127 Å². The summed E-state index contributed by atoms with van der Waals surface area (Å²) in [6.45, 7) is 2.14. The van der Waals surface area contributed by atoms with Crippen LogP contribution in [-0.4, -0.2) is 9.97 Å². The van der Waals surface area contributed by atoms with Gasteiger partial charge < -0.3 is 0 Å². The monoisotopic (exact) mass is 300 g/mol. The van der Waals surface area contributed by atoms with Crippen molar-refractivity contribution in [2.45, 2.75) is 13.3 Å². The van der Waals surface area contributed by atoms with Crippen molar-refractivity contribution in [2.24, 2.45) is 0 Å². The molecule has 0 atom stereocenters. The minimum absolute atomic E-state index is 0.742. The van der Waals surface area contributed by atoms with Crippen LogP contribution >= 0.6 is 22.9 Å². The Balaban J connectivity index is 2.00. The molecule has 0 radical (unpaired) electrons. The molecule has 0 N–H and O–H groups in total. The van der Waals surface area contributed by atoms with Crippen molar-refractivity contribution in [3.05, 3.63) is 58.7 Å². The van der Waals surface area contributed by atoms with Crippen molar-refractivity contribution in [1.29, 1.82) is 0 Å². The molecular weight excluding hydrogens is 288 g/mol. The molecule has 0 bridgehead atoms. The second-order valence-electron chi connectivity index (χ2n) is 4.43. The second-order valence-corrected chi connectivity index (χ2v) is 5.73. The van der Waals surface area contributed by atoms with Crippen LogP contribution in [0.5, 0.6) is 0 Å². The first-order chi connectivity index (χ1) is 9.78. The van der Waals surface area contributed by atoms with Crippen LogP contribution in [0.2, 0.25) is 5.02 Å². The molecule has 0 unspecified atom stereocenters. The molecule has 2 nitrogen and oxygen atoms in total. The highest BCUT2D eigenvalue weighted by Gasteiger charge is 2.09. The van der Waals surface area contributed by atoms with Gasteiger partial charge in [-0.2, -0.15) is 0 Å². The maximum atomic E-state index is 5.91. The topological polar surface area (TPSA) is 25.8 Å². The molecule has 0 saturated heterocycles. The number of halogens is 1. The molecule has 0 fully saturated rings. The van der Waals surface area contributed by atoms with E-state index in [2.05, 4.69) is 23.4 Å². The highest BCUT2D eigenvalue weighted by atomic mass is 35.5. The Kier molecular flexibility index (Phi) is 3.81. The zero-order chi connectivity index (χ0) is 13.9. The first-order valence-electron chi connectivity index (χ1n) is 6.42. The average molecular weight is 301 g/mol. The standard InChI is InChI=1S/C16H13ClN2S/c1-2-11-7-8-18-9-14(11)15-10-20-16(19-15)12-3-5-13(17)6-4-12/h3-10H,2H2,1H3. The quantitative estimate of drug-likeness (QED) is 0.673. The van der Waals surface area contributed by atoms with E-state index < -0.39 is 0 Å². The molecule has 2 aromatic heterocycles. The van der Waals surface area contributed by atoms with Crippen molar-refractivity contribution in [2.75, 3.05) is 0 Å². The van der Waals surface area contributed by atoms with Crippen LogP contribution in [0.4, 0.5) is 0 Å². The number of benzene rings is 1. The van der Waals surface area contributed by atoms with Crippen LogP contribution in [0.1, 0.15) is 12.5 Å². The minimum atomic E-state index is 0.742. The normalized spacial score (nSPS) is 10.7. The van der Waals surface area contributed by atoms with Gasteiger partial charge in [-0.1, -0.05) is 30.7 Å². The van der Waals surface area contributed by atoms with E-state index in [0.717, 1.165) is 33.3 Å². The Morgan fingerprint density at radius 1 is 1.15 bits per heavy atom. The van der Waals surface area contributed by atoms with Gasteiger partial charge in [0.2, 0.25) is 0 Å². The van der Waals surface area contributed by atoms with E-state index in [-0.39, 0.29) is 0 Å². The fourth-order valence-electron chi connectivity index (χ4n) is 2.08. The third-order valence-electron chi connectivity index (χ3n) is 3.16. The molecular formula is C16H13ClN2S. The zero-order valence-corrected chi connectivity index (χ0v) is 12.6. The number of hydrogen-bond acceptors (Lipinski definition) is 3. The highest BCUT2D eigenvalue weighted by Crippen LogP contribution is 2.30. The summed E-state index contributed by atoms with van der Waals surface area (Å²) in [6.07, 6.45) is 4.69. The van der Waals surface area contributed by atoms with E-state index in [9.17, 15) is 0 Å². The van der Waals surface area contributed by atoms with Crippen LogP contribution in [-0.2, 0) is 6.42 Å². The first kappa shape index (κ1) is 13.3. The Bertz CT molecular complexity index is 719. The van der Waals surface area contributed by atoms with E-state index in [1.54, 1.807) is 11.3 Å². The van der Waals surface area contributed by atoms with Crippen LogP contribution < -0.4 is 0 Å². The van der Waals surface area contributed by atoms with Gasteiger partial charge in [0.1, 0.15) is 5.01 Å². The molecule has 3 rings (SSSR count). The Morgan fingerprint density at radius 3 is 2.70 bits per heavy atom. The predicted octanol–water partition coefficient (Wildman–Crippen LogP) is 5.09. The average Bonchev–Trinajstić information content (AvgIpc) is 2.97. The largest absolute Gasteiger partial charge is 0.264 e. The van der Waals surface area contributed by atoms with Gasteiger partial charge in [0.15, 0.2) is 0 Å². The minimum Gasteiger partial charge on any atom is -0.264 e. The fraction of sp³-hybridized carbons (Fsp3) is 0.125. The van der Waals surface area contributed by atoms with Crippen LogP contribution in [0.15, 0.2) is 48.1 Å². The van der Waals surface area contributed by atoms with Crippen molar-refractivity contribution >= 4 is 22.9 Å². The molecule has 4 heteroatoms. The van der Waals surface area contributed by atoms with E-state index in [1.165, 1.54) is 5.56 Å². The second kappa shape index (κ2) is 5.73. The molecule has 0 aliphatic heterocycles. The van der Waals surface area contributed by atoms with E-state index in [1.807, 2.05) is 36.7 Å². The fourth-order valence-corrected chi connectivity index (χ4v) is 3.04. The van der Waals surface area contributed by atoms with Gasteiger partial charge in [0, 0.05) is 33.9 Å². The first-order valence-corrected chi connectivity index (χ1v) is 7.68. The lowest BCUT2D eigenvalue weighted by molar-refractivity contribution is 1.12. The van der Waals surface area contributed by atoms with Gasteiger partial charge in [-0.15, -0.1) is 11.3 Å².